The van der Waals surface area contributed by atoms with Crippen molar-refractivity contribution in [2.45, 2.75) is 26.0 Å². The minimum Gasteiger partial charge on any atom is -0.480 e. The van der Waals surface area contributed by atoms with Crippen LogP contribution in [0.5, 0.6) is 5.75 Å². The number of nitrogens with one attached hydrogen (secondary N) is 1. The number of nitrogens with zero attached hydrogens (tertiary/aromatic N) is 3. The molecule has 2 aromatic heterocycles. The fraction of sp³-hybridized carbons (Fsp3) is 0.267. The van der Waals surface area contributed by atoms with Crippen LogP contribution >= 0.6 is 11.3 Å². The van der Waals surface area contributed by atoms with Gasteiger partial charge >= 0.3 is 0 Å². The van der Waals surface area contributed by atoms with Crippen LogP contribution in [0.3, 0.4) is 0 Å². The lowest BCUT2D eigenvalue weighted by molar-refractivity contribution is -0.127. The summed E-state index contributed by atoms with van der Waals surface area (Å²) in [6, 6.07) is 7.74. The van der Waals surface area contributed by atoms with Gasteiger partial charge in [-0.05, 0) is 18.6 Å². The van der Waals surface area contributed by atoms with Gasteiger partial charge in [0.1, 0.15) is 10.8 Å². The number of hydrogen-bond acceptors (Lipinski definition) is 5. The van der Waals surface area contributed by atoms with Crippen LogP contribution in [0.25, 0.3) is 4.96 Å². The number of imidazole rings is 1. The Bertz CT molecular complexity index is 798. The third kappa shape index (κ3) is 2.33. The summed E-state index contributed by atoms with van der Waals surface area (Å²) in [5, 5.41) is 8.15. The van der Waals surface area contributed by atoms with Crippen molar-refractivity contribution in [3.05, 3.63) is 46.7 Å². The van der Waals surface area contributed by atoms with Crippen LogP contribution in [0.4, 0.5) is 0 Å². The van der Waals surface area contributed by atoms with Crippen molar-refractivity contribution >= 4 is 22.2 Å². The van der Waals surface area contributed by atoms with E-state index in [1.807, 2.05) is 37.4 Å². The Labute approximate surface area is 130 Å². The molecule has 1 N–H and O–H groups in total. The van der Waals surface area contributed by atoms with E-state index >= 15 is 0 Å². The van der Waals surface area contributed by atoms with E-state index in [1.54, 1.807) is 4.52 Å². The summed E-state index contributed by atoms with van der Waals surface area (Å²) in [5.41, 5.74) is 1.87. The van der Waals surface area contributed by atoms with Gasteiger partial charge in [0.15, 0.2) is 6.10 Å². The van der Waals surface area contributed by atoms with Gasteiger partial charge < -0.3 is 10.1 Å². The third-order valence-corrected chi connectivity index (χ3v) is 4.42. The molecule has 112 valence electrons. The monoisotopic (exact) mass is 314 g/mol. The Morgan fingerprint density at radius 2 is 2.36 bits per heavy atom. The Morgan fingerprint density at radius 3 is 3.18 bits per heavy atom. The molecule has 0 fully saturated rings. The number of carbonyl (C=O) groups excluding carboxylic acids is 1. The van der Waals surface area contributed by atoms with Crippen LogP contribution in [0.2, 0.25) is 0 Å². The van der Waals surface area contributed by atoms with Gasteiger partial charge in [-0.1, -0.05) is 29.5 Å². The van der Waals surface area contributed by atoms with Crippen LogP contribution in [0, 0.1) is 6.92 Å². The molecule has 0 saturated heterocycles. The number of fused-ring (bicyclic) bond motifs is 2. The van der Waals surface area contributed by atoms with Crippen LogP contribution in [0.1, 0.15) is 16.3 Å². The number of para-hydroxylation sites is 1. The Hall–Kier alpha value is -2.41. The van der Waals surface area contributed by atoms with E-state index in [-0.39, 0.29) is 5.91 Å². The number of benzene rings is 1. The highest BCUT2D eigenvalue weighted by Crippen LogP contribution is 2.28. The van der Waals surface area contributed by atoms with Gasteiger partial charge in [0.2, 0.25) is 4.96 Å². The summed E-state index contributed by atoms with van der Waals surface area (Å²) in [5.74, 6) is 0.682. The second-order valence-corrected chi connectivity index (χ2v) is 6.38. The molecule has 1 aliphatic rings. The van der Waals surface area contributed by atoms with Crippen LogP contribution in [0.15, 0.2) is 30.5 Å². The van der Waals surface area contributed by atoms with Crippen LogP contribution < -0.4 is 10.1 Å². The molecule has 7 heteroatoms. The van der Waals surface area contributed by atoms with E-state index in [1.165, 1.54) is 11.3 Å². The molecule has 1 amide bonds. The zero-order chi connectivity index (χ0) is 15.1. The van der Waals surface area contributed by atoms with E-state index in [9.17, 15) is 4.79 Å². The van der Waals surface area contributed by atoms with Crippen LogP contribution in [-0.4, -0.2) is 26.6 Å². The molecule has 0 aliphatic carbocycles. The van der Waals surface area contributed by atoms with Gasteiger partial charge in [0.05, 0.1) is 18.4 Å². The van der Waals surface area contributed by atoms with Crippen molar-refractivity contribution in [2.24, 2.45) is 0 Å². The van der Waals surface area contributed by atoms with E-state index in [2.05, 4.69) is 15.4 Å². The maximum atomic E-state index is 12.2. The summed E-state index contributed by atoms with van der Waals surface area (Å²) in [4.78, 5) is 17.5. The second kappa shape index (κ2) is 5.10. The molecule has 3 heterocycles. The van der Waals surface area contributed by atoms with Gasteiger partial charge in [-0.25, -0.2) is 9.50 Å². The molecule has 22 heavy (non-hydrogen) atoms. The second-order valence-electron chi connectivity index (χ2n) is 5.22. The molecule has 0 saturated carbocycles. The molecular weight excluding hydrogens is 300 g/mol. The molecule has 3 aromatic rings. The number of aryl methyl sites for hydroxylation is 1. The third-order valence-electron chi connectivity index (χ3n) is 3.58. The molecule has 1 unspecified atom stereocenters. The average Bonchev–Trinajstić information content (AvgIpc) is 3.16. The maximum absolute atomic E-state index is 12.2. The largest absolute Gasteiger partial charge is 0.480 e. The lowest BCUT2D eigenvalue weighted by Crippen LogP contribution is -2.37. The number of amides is 1. The Morgan fingerprint density at radius 1 is 1.50 bits per heavy atom. The van der Waals surface area contributed by atoms with Crippen molar-refractivity contribution in [2.75, 3.05) is 0 Å². The maximum Gasteiger partial charge on any atom is 0.261 e. The lowest BCUT2D eigenvalue weighted by atomic mass is 10.1. The fourth-order valence-electron chi connectivity index (χ4n) is 2.55. The highest BCUT2D eigenvalue weighted by atomic mass is 32.1. The first-order valence-electron chi connectivity index (χ1n) is 7.03. The minimum atomic E-state index is -0.457. The van der Waals surface area contributed by atoms with Crippen LogP contribution in [-0.2, 0) is 17.8 Å². The number of aromatic nitrogens is 3. The first kappa shape index (κ1) is 13.3. The first-order chi connectivity index (χ1) is 10.7. The Kier molecular flexibility index (Phi) is 3.07. The first-order valence-corrected chi connectivity index (χ1v) is 7.84. The van der Waals surface area contributed by atoms with Gasteiger partial charge in [0.25, 0.3) is 5.91 Å². The lowest BCUT2D eigenvalue weighted by Gasteiger charge is -2.10. The molecule has 0 radical (unpaired) electrons. The van der Waals surface area contributed by atoms with E-state index in [0.29, 0.717) is 13.0 Å². The number of hydrogen-bond donors (Lipinski definition) is 1. The SMILES string of the molecule is Cc1nn2cc(CNC(=O)C3Cc4ccccc4O3)nc2s1. The number of carbonyl (C=O) groups is 1. The molecule has 6 nitrogen and oxygen atoms in total. The summed E-state index contributed by atoms with van der Waals surface area (Å²) in [7, 11) is 0. The standard InChI is InChI=1S/C15H14N4O2S/c1-9-18-19-8-11(17-15(19)22-9)7-16-14(20)13-6-10-4-2-3-5-12(10)21-13/h2-5,8,13H,6-7H2,1H3,(H,16,20). The summed E-state index contributed by atoms with van der Waals surface area (Å²) in [6.07, 6.45) is 1.99. The average molecular weight is 314 g/mol. The summed E-state index contributed by atoms with van der Waals surface area (Å²) < 4.78 is 7.41. The zero-order valence-electron chi connectivity index (χ0n) is 11.9. The van der Waals surface area contributed by atoms with E-state index in [4.69, 9.17) is 4.74 Å². The van der Waals surface area contributed by atoms with Crippen molar-refractivity contribution < 1.29 is 9.53 Å². The quantitative estimate of drug-likeness (QED) is 0.799. The topological polar surface area (TPSA) is 68.5 Å². The van der Waals surface area contributed by atoms with E-state index < -0.39 is 6.10 Å². The highest BCUT2D eigenvalue weighted by Gasteiger charge is 2.28. The van der Waals surface area contributed by atoms with Crippen molar-refractivity contribution in [3.63, 3.8) is 0 Å². The minimum absolute atomic E-state index is 0.114. The molecule has 1 aliphatic heterocycles. The molecule has 1 aromatic carbocycles. The van der Waals surface area contributed by atoms with Crippen molar-refractivity contribution in [3.8, 4) is 5.75 Å². The van der Waals surface area contributed by atoms with Gasteiger partial charge in [-0.2, -0.15) is 5.10 Å². The molecule has 4 rings (SSSR count). The van der Waals surface area contributed by atoms with E-state index in [0.717, 1.165) is 27.0 Å². The fourth-order valence-corrected chi connectivity index (χ4v) is 3.29. The van der Waals surface area contributed by atoms with Gasteiger partial charge in [-0.15, -0.1) is 0 Å². The number of rotatable bonds is 3. The van der Waals surface area contributed by atoms with Gasteiger partial charge in [-0.3, -0.25) is 4.79 Å². The predicted molar refractivity (Wildman–Crippen MR) is 82.0 cm³/mol. The highest BCUT2D eigenvalue weighted by molar-refractivity contribution is 7.16. The Balaban J connectivity index is 1.39. The molecule has 0 spiro atoms. The zero-order valence-corrected chi connectivity index (χ0v) is 12.8. The predicted octanol–water partition coefficient (Wildman–Crippen LogP) is 1.72. The molecule has 0 bridgehead atoms. The summed E-state index contributed by atoms with van der Waals surface area (Å²) >= 11 is 1.53. The van der Waals surface area contributed by atoms with Gasteiger partial charge in [0, 0.05) is 6.42 Å². The van der Waals surface area contributed by atoms with Crippen molar-refractivity contribution in [1.82, 2.24) is 19.9 Å². The smallest absolute Gasteiger partial charge is 0.261 e. The summed E-state index contributed by atoms with van der Waals surface area (Å²) in [6.45, 7) is 2.32. The molecule has 1 atom stereocenters. The van der Waals surface area contributed by atoms with Crippen molar-refractivity contribution in [1.29, 1.82) is 0 Å². The molecular formula is C15H14N4O2S. The normalized spacial score (nSPS) is 16.5. The number of ether oxygens (including phenoxy) is 1.